The van der Waals surface area contributed by atoms with Gasteiger partial charge in [0.05, 0.1) is 10.8 Å². The summed E-state index contributed by atoms with van der Waals surface area (Å²) in [4.78, 5) is 0. The number of hydrogen-bond acceptors (Lipinski definition) is 0. The van der Waals surface area contributed by atoms with Crippen LogP contribution in [-0.2, 0) is 16.2 Å². The van der Waals surface area contributed by atoms with Gasteiger partial charge in [-0.05, 0) is 199 Å². The smallest absolute Gasteiger partial charge is 0.0541 e. The molecule has 4 atom stereocenters. The van der Waals surface area contributed by atoms with Gasteiger partial charge in [0.25, 0.3) is 0 Å². The van der Waals surface area contributed by atoms with E-state index in [4.69, 9.17) is 0 Å². The van der Waals surface area contributed by atoms with E-state index in [0.717, 1.165) is 25.7 Å². The van der Waals surface area contributed by atoms with Crippen LogP contribution in [0.15, 0.2) is 218 Å². The highest BCUT2D eigenvalue weighted by Gasteiger charge is 2.62. The van der Waals surface area contributed by atoms with Crippen molar-refractivity contribution in [3.63, 3.8) is 0 Å². The van der Waals surface area contributed by atoms with Gasteiger partial charge in [-0.3, -0.25) is 0 Å². The first-order chi connectivity index (χ1) is 38.8. The van der Waals surface area contributed by atoms with E-state index in [1.165, 1.54) is 156 Å². The van der Waals surface area contributed by atoms with Crippen molar-refractivity contribution in [1.82, 2.24) is 0 Å². The summed E-state index contributed by atoms with van der Waals surface area (Å²) < 4.78 is 0. The average Bonchev–Trinajstić information content (AvgIpc) is 3.98. The molecule has 0 saturated carbocycles. The molecule has 0 N–H and O–H groups in total. The molecule has 8 aromatic rings. The standard InChI is InChI=1S/C79H60/c1-45-21-33-69-61(37-45)62-38-46(2)22-34-70(62)77(69)65-17-9-5-13-53(65)57-29-25-49(41-73(57)77)51-27-31-59-55-15-7-11-19-67(55)79(75(59)43-51)68-20-12-8-16-56(68)60-32-28-52(44-76(60)79)50-26-30-58-54-14-6-10-18-66(54)78(74(58)42-50)71-35-23-47(3)39-63(71)64-40-48(4)24-36-72(64)78/h5-18,21-40,43-44,67-68,73-74H,19-20,41-42H2,1-4H3. The maximum absolute atomic E-state index is 2.71. The average molecular weight is 1010 g/mol. The minimum atomic E-state index is -0.264. The predicted octanol–water partition coefficient (Wildman–Crippen LogP) is 18.8. The first-order valence-electron chi connectivity index (χ1n) is 29.3. The maximum Gasteiger partial charge on any atom is 0.0541 e. The second-order valence-corrected chi connectivity index (χ2v) is 25.1. The zero-order chi connectivity index (χ0) is 52.3. The van der Waals surface area contributed by atoms with Crippen LogP contribution in [0.5, 0.6) is 0 Å². The van der Waals surface area contributed by atoms with Crippen molar-refractivity contribution in [3.05, 3.63) is 319 Å². The van der Waals surface area contributed by atoms with Crippen LogP contribution >= 0.6 is 0 Å². The lowest BCUT2D eigenvalue weighted by Gasteiger charge is -2.41. The van der Waals surface area contributed by atoms with Gasteiger partial charge in [-0.2, -0.15) is 0 Å². The van der Waals surface area contributed by atoms with Crippen LogP contribution in [0.4, 0.5) is 0 Å². The van der Waals surface area contributed by atoms with Gasteiger partial charge < -0.3 is 0 Å². The van der Waals surface area contributed by atoms with Gasteiger partial charge in [0.2, 0.25) is 0 Å². The molecule has 376 valence electrons. The molecule has 0 bridgehead atoms. The molecule has 4 unspecified atom stereocenters. The molecule has 10 aliphatic rings. The Hall–Kier alpha value is -8.32. The third-order valence-electron chi connectivity index (χ3n) is 21.6. The quantitative estimate of drug-likeness (QED) is 0.162. The van der Waals surface area contributed by atoms with Crippen LogP contribution in [0.1, 0.15) is 126 Å². The SMILES string of the molecule is Cc1ccc2c(c1)-c1cc(C)ccc1C21c2ccccc2C2=CC=C(c3ccc4c(c3)C3(c5cc(C6=CC=C7c8ccccc8C8(c9ccc(C)cc9-c9cc(C)ccc98)C7C6)ccc5C5=CC=CCC53)C3CC=CC=C43)CC21. The monoisotopic (exact) mass is 1010 g/mol. The molecule has 0 aromatic heterocycles. The van der Waals surface area contributed by atoms with Gasteiger partial charge in [-0.25, -0.2) is 0 Å². The molecule has 0 heterocycles. The molecule has 0 heteroatoms. The van der Waals surface area contributed by atoms with E-state index < -0.39 is 0 Å². The molecule has 0 radical (unpaired) electrons. The molecule has 79 heavy (non-hydrogen) atoms. The van der Waals surface area contributed by atoms with Gasteiger partial charge >= 0.3 is 0 Å². The Balaban J connectivity index is 0.793. The van der Waals surface area contributed by atoms with E-state index in [9.17, 15) is 0 Å². The number of fused-ring (bicyclic) bond motifs is 30. The van der Waals surface area contributed by atoms with Crippen LogP contribution < -0.4 is 0 Å². The van der Waals surface area contributed by atoms with Crippen molar-refractivity contribution in [2.24, 2.45) is 23.7 Å². The molecule has 0 saturated heterocycles. The summed E-state index contributed by atoms with van der Waals surface area (Å²) >= 11 is 0. The van der Waals surface area contributed by atoms with Gasteiger partial charge in [0.1, 0.15) is 0 Å². The van der Waals surface area contributed by atoms with Crippen LogP contribution in [0.2, 0.25) is 0 Å². The normalized spacial score (nSPS) is 24.1. The Morgan fingerprint density at radius 1 is 0.304 bits per heavy atom. The van der Waals surface area contributed by atoms with E-state index in [-0.39, 0.29) is 28.1 Å². The predicted molar refractivity (Wildman–Crippen MR) is 328 cm³/mol. The summed E-state index contributed by atoms with van der Waals surface area (Å²) in [7, 11) is 0. The number of hydrogen-bond donors (Lipinski definition) is 0. The van der Waals surface area contributed by atoms with Gasteiger partial charge in [0, 0.05) is 29.1 Å². The minimum absolute atomic E-state index is 0.218. The first-order valence-corrected chi connectivity index (χ1v) is 29.3. The van der Waals surface area contributed by atoms with Crippen LogP contribution in [0, 0.1) is 51.4 Å². The number of aryl methyl sites for hydroxylation is 4. The molecule has 8 aromatic carbocycles. The molecule has 10 aliphatic carbocycles. The summed E-state index contributed by atoms with van der Waals surface area (Å²) in [5.41, 5.74) is 39.4. The number of benzene rings is 8. The molecular formula is C79H60. The third-order valence-corrected chi connectivity index (χ3v) is 21.6. The third kappa shape index (κ3) is 5.38. The Kier molecular flexibility index (Phi) is 8.75. The fraction of sp³-hybridized carbons (Fsp3) is 0.190. The Labute approximate surface area is 465 Å². The fourth-order valence-corrected chi connectivity index (χ4v) is 18.7. The highest BCUT2D eigenvalue weighted by Crippen LogP contribution is 2.71. The molecule has 3 spiro atoms. The van der Waals surface area contributed by atoms with Crippen molar-refractivity contribution in [2.45, 2.75) is 69.6 Å². The van der Waals surface area contributed by atoms with Gasteiger partial charge in [-0.15, -0.1) is 0 Å². The lowest BCUT2D eigenvalue weighted by Crippen LogP contribution is -2.38. The van der Waals surface area contributed by atoms with Gasteiger partial charge in [0.15, 0.2) is 0 Å². The van der Waals surface area contributed by atoms with Gasteiger partial charge in [-0.1, -0.05) is 229 Å². The number of allylic oxidation sites excluding steroid dienone is 16. The van der Waals surface area contributed by atoms with Crippen molar-refractivity contribution < 1.29 is 0 Å². The topological polar surface area (TPSA) is 0 Å². The lowest BCUT2D eigenvalue weighted by molar-refractivity contribution is 0.335. The second-order valence-electron chi connectivity index (χ2n) is 25.1. The zero-order valence-electron chi connectivity index (χ0n) is 45.4. The van der Waals surface area contributed by atoms with Crippen molar-refractivity contribution in [3.8, 4) is 22.3 Å². The summed E-state index contributed by atoms with van der Waals surface area (Å²) in [6, 6.07) is 63.5. The molecule has 18 rings (SSSR count). The molecule has 0 amide bonds. The fourth-order valence-electron chi connectivity index (χ4n) is 18.7. The van der Waals surface area contributed by atoms with Crippen LogP contribution in [0.25, 0.3) is 55.7 Å². The Morgan fingerprint density at radius 3 is 1.06 bits per heavy atom. The van der Waals surface area contributed by atoms with Crippen molar-refractivity contribution >= 4 is 33.4 Å². The Bertz CT molecular complexity index is 4050. The lowest BCUT2D eigenvalue weighted by atomic mass is 9.60. The summed E-state index contributed by atoms with van der Waals surface area (Å²) in [6.45, 7) is 9.02. The summed E-state index contributed by atoms with van der Waals surface area (Å²) in [6.07, 6.45) is 28.6. The van der Waals surface area contributed by atoms with Crippen LogP contribution in [0.3, 0.4) is 0 Å². The largest absolute Gasteiger partial charge is 0.0839 e. The molecule has 0 fully saturated rings. The van der Waals surface area contributed by atoms with E-state index in [1.54, 1.807) is 0 Å². The first kappa shape index (κ1) is 44.6. The van der Waals surface area contributed by atoms with E-state index in [0.29, 0.717) is 11.8 Å². The maximum atomic E-state index is 2.71. The van der Waals surface area contributed by atoms with E-state index in [2.05, 4.69) is 246 Å². The van der Waals surface area contributed by atoms with E-state index >= 15 is 0 Å². The zero-order valence-corrected chi connectivity index (χ0v) is 45.4. The summed E-state index contributed by atoms with van der Waals surface area (Å²) in [5.74, 6) is 1.22. The molecular weight excluding hydrogens is 949 g/mol. The second kappa shape index (κ2) is 15.5. The highest BCUT2D eigenvalue weighted by molar-refractivity contribution is 5.98. The highest BCUT2D eigenvalue weighted by atomic mass is 14.6. The van der Waals surface area contributed by atoms with Crippen molar-refractivity contribution in [1.29, 1.82) is 0 Å². The molecule has 0 nitrogen and oxygen atoms in total. The molecule has 0 aliphatic heterocycles. The minimum Gasteiger partial charge on any atom is -0.0839 e. The van der Waals surface area contributed by atoms with E-state index in [1.807, 2.05) is 0 Å². The number of rotatable bonds is 2. The Morgan fingerprint density at radius 2 is 0.658 bits per heavy atom. The summed E-state index contributed by atoms with van der Waals surface area (Å²) in [5, 5.41) is 0. The van der Waals surface area contributed by atoms with Crippen LogP contribution in [-0.4, -0.2) is 0 Å². The van der Waals surface area contributed by atoms with Crippen molar-refractivity contribution in [2.75, 3.05) is 0 Å².